The van der Waals surface area contributed by atoms with Crippen molar-refractivity contribution in [3.8, 4) is 5.75 Å². The molecular weight excluding hydrogens is 412 g/mol. The second kappa shape index (κ2) is 10.6. The molecule has 0 aliphatic carbocycles. The van der Waals surface area contributed by atoms with Crippen LogP contribution in [-0.2, 0) is 10.0 Å². The summed E-state index contributed by atoms with van der Waals surface area (Å²) < 4.78 is 58.2. The first-order valence-corrected chi connectivity index (χ1v) is 11.3. The number of ether oxygens (including phenoxy) is 1. The number of nitrogens with one attached hydrogen (secondary N) is 2. The fourth-order valence-electron chi connectivity index (χ4n) is 3.06. The number of hydrogen-bond acceptors (Lipinski definition) is 5. The average molecular weight is 442 g/mol. The molecule has 0 spiro atoms. The van der Waals surface area contributed by atoms with Crippen molar-refractivity contribution in [2.45, 2.75) is 39.2 Å². The summed E-state index contributed by atoms with van der Waals surface area (Å²) in [5.41, 5.74) is 2.44. The van der Waals surface area contributed by atoms with Gasteiger partial charge in [0.1, 0.15) is 5.75 Å². The van der Waals surface area contributed by atoms with E-state index in [1.165, 1.54) is 18.2 Å². The molecule has 0 heterocycles. The number of hydrogen-bond donors (Lipinski definition) is 2. The van der Waals surface area contributed by atoms with Crippen LogP contribution in [0.1, 0.15) is 25.0 Å². The predicted molar refractivity (Wildman–Crippen MR) is 116 cm³/mol. The van der Waals surface area contributed by atoms with E-state index in [1.54, 1.807) is 25.1 Å². The molecule has 0 amide bonds. The maximum atomic E-state index is 13.0. The molecule has 0 unspecified atom stereocenters. The van der Waals surface area contributed by atoms with Crippen molar-refractivity contribution < 1.29 is 21.9 Å². The number of aryl methyl sites for hydroxylation is 2. The van der Waals surface area contributed by atoms with E-state index >= 15 is 0 Å². The number of halogens is 2. The Labute approximate surface area is 177 Å². The maximum Gasteiger partial charge on any atom is 0.387 e. The van der Waals surface area contributed by atoms with Gasteiger partial charge in [-0.15, -0.1) is 0 Å². The fraction of sp³-hybridized carbons (Fsp3) is 0.429. The van der Waals surface area contributed by atoms with Crippen molar-refractivity contribution in [3.63, 3.8) is 0 Å². The molecule has 2 rings (SSSR count). The third-order valence-electron chi connectivity index (χ3n) is 4.62. The standard InChI is InChI=1S/C21H29F2N3O3S/c1-5-24-11-12-26(6-2)19-14-17(9-8-16(19)4)30(27,28)25-18-13-15(3)7-10-20(18)29-21(22)23/h7-10,13-14,21,24-25H,5-6,11-12H2,1-4H3. The van der Waals surface area contributed by atoms with E-state index < -0.39 is 16.6 Å². The van der Waals surface area contributed by atoms with Gasteiger partial charge < -0.3 is 15.0 Å². The topological polar surface area (TPSA) is 70.7 Å². The van der Waals surface area contributed by atoms with E-state index in [9.17, 15) is 17.2 Å². The summed E-state index contributed by atoms with van der Waals surface area (Å²) >= 11 is 0. The summed E-state index contributed by atoms with van der Waals surface area (Å²) in [7, 11) is -4.01. The Balaban J connectivity index is 2.36. The Morgan fingerprint density at radius 1 is 1.10 bits per heavy atom. The minimum Gasteiger partial charge on any atom is -0.433 e. The Morgan fingerprint density at radius 2 is 1.83 bits per heavy atom. The first-order chi connectivity index (χ1) is 14.2. The van der Waals surface area contributed by atoms with Crippen LogP contribution in [0.4, 0.5) is 20.2 Å². The smallest absolute Gasteiger partial charge is 0.387 e. The zero-order valence-corrected chi connectivity index (χ0v) is 18.5. The molecule has 166 valence electrons. The number of rotatable bonds is 11. The molecule has 2 aromatic carbocycles. The number of anilines is 2. The summed E-state index contributed by atoms with van der Waals surface area (Å²) in [5, 5.41) is 3.26. The van der Waals surface area contributed by atoms with Gasteiger partial charge in [0.2, 0.25) is 0 Å². The molecule has 0 fully saturated rings. The van der Waals surface area contributed by atoms with Crippen molar-refractivity contribution in [3.05, 3.63) is 47.5 Å². The summed E-state index contributed by atoms with van der Waals surface area (Å²) in [6.07, 6.45) is 0. The largest absolute Gasteiger partial charge is 0.433 e. The number of likely N-dealkylation sites (N-methyl/N-ethyl adjacent to an activating group) is 2. The van der Waals surface area contributed by atoms with E-state index in [0.717, 1.165) is 30.9 Å². The van der Waals surface area contributed by atoms with Crippen molar-refractivity contribution in [1.82, 2.24) is 5.32 Å². The number of sulfonamides is 1. The van der Waals surface area contributed by atoms with Crippen molar-refractivity contribution in [2.75, 3.05) is 35.8 Å². The fourth-order valence-corrected chi connectivity index (χ4v) is 4.14. The van der Waals surface area contributed by atoms with Gasteiger partial charge in [-0.1, -0.05) is 19.1 Å². The molecular formula is C21H29F2N3O3S. The minimum atomic E-state index is -4.01. The Bertz CT molecular complexity index is 953. The van der Waals surface area contributed by atoms with Crippen molar-refractivity contribution in [1.29, 1.82) is 0 Å². The second-order valence-corrected chi connectivity index (χ2v) is 8.55. The van der Waals surface area contributed by atoms with E-state index in [-0.39, 0.29) is 16.3 Å². The zero-order valence-electron chi connectivity index (χ0n) is 17.7. The second-order valence-electron chi connectivity index (χ2n) is 6.87. The zero-order chi connectivity index (χ0) is 22.3. The molecule has 0 saturated heterocycles. The number of benzene rings is 2. The van der Waals surface area contributed by atoms with Crippen LogP contribution in [0, 0.1) is 13.8 Å². The van der Waals surface area contributed by atoms with Gasteiger partial charge in [0.25, 0.3) is 10.0 Å². The molecule has 0 aromatic heterocycles. The predicted octanol–water partition coefficient (Wildman–Crippen LogP) is 4.14. The van der Waals surface area contributed by atoms with Gasteiger partial charge in [-0.05, 0) is 62.7 Å². The van der Waals surface area contributed by atoms with Crippen LogP contribution in [0.5, 0.6) is 5.75 Å². The van der Waals surface area contributed by atoms with E-state index in [0.29, 0.717) is 12.1 Å². The average Bonchev–Trinajstić information content (AvgIpc) is 2.67. The molecule has 0 atom stereocenters. The van der Waals surface area contributed by atoms with Crippen LogP contribution < -0.4 is 19.7 Å². The van der Waals surface area contributed by atoms with Gasteiger partial charge in [-0.2, -0.15) is 8.78 Å². The highest BCUT2D eigenvalue weighted by molar-refractivity contribution is 7.92. The van der Waals surface area contributed by atoms with Gasteiger partial charge in [-0.25, -0.2) is 8.42 Å². The quantitative estimate of drug-likeness (QED) is 0.513. The lowest BCUT2D eigenvalue weighted by Crippen LogP contribution is -2.32. The molecule has 2 N–H and O–H groups in total. The first kappa shape index (κ1) is 23.9. The third kappa shape index (κ3) is 6.30. The molecule has 0 aliphatic rings. The summed E-state index contributed by atoms with van der Waals surface area (Å²) in [5.74, 6) is -0.229. The Morgan fingerprint density at radius 3 is 2.47 bits per heavy atom. The first-order valence-electron chi connectivity index (χ1n) is 9.82. The molecule has 2 aromatic rings. The minimum absolute atomic E-state index is 0.0306. The molecule has 0 bridgehead atoms. The van der Waals surface area contributed by atoms with Gasteiger partial charge >= 0.3 is 6.61 Å². The highest BCUT2D eigenvalue weighted by Gasteiger charge is 2.20. The summed E-state index contributed by atoms with van der Waals surface area (Å²) in [6, 6.07) is 9.20. The monoisotopic (exact) mass is 441 g/mol. The molecule has 9 heteroatoms. The molecule has 0 aliphatic heterocycles. The lowest BCUT2D eigenvalue weighted by atomic mass is 10.2. The van der Waals surface area contributed by atoms with Gasteiger partial charge in [-0.3, -0.25) is 4.72 Å². The van der Waals surface area contributed by atoms with Crippen molar-refractivity contribution >= 4 is 21.4 Å². The van der Waals surface area contributed by atoms with Crippen LogP contribution in [0.3, 0.4) is 0 Å². The Kier molecular flexibility index (Phi) is 8.43. The van der Waals surface area contributed by atoms with Crippen LogP contribution in [0.2, 0.25) is 0 Å². The highest BCUT2D eigenvalue weighted by Crippen LogP contribution is 2.31. The summed E-state index contributed by atoms with van der Waals surface area (Å²) in [6.45, 7) is 7.70. The molecule has 30 heavy (non-hydrogen) atoms. The Hall–Kier alpha value is -2.39. The van der Waals surface area contributed by atoms with Crippen LogP contribution in [0.15, 0.2) is 41.3 Å². The van der Waals surface area contributed by atoms with Gasteiger partial charge in [0.15, 0.2) is 0 Å². The highest BCUT2D eigenvalue weighted by atomic mass is 32.2. The van der Waals surface area contributed by atoms with E-state index in [4.69, 9.17) is 0 Å². The molecule has 0 radical (unpaired) electrons. The SMILES string of the molecule is CCNCCN(CC)c1cc(S(=O)(=O)Nc2cc(C)ccc2OC(F)F)ccc1C. The molecule has 0 saturated carbocycles. The normalized spacial score (nSPS) is 11.6. The van der Waals surface area contributed by atoms with Crippen LogP contribution in [-0.4, -0.2) is 41.2 Å². The molecule has 6 nitrogen and oxygen atoms in total. The number of alkyl halides is 2. The van der Waals surface area contributed by atoms with Gasteiger partial charge in [0.05, 0.1) is 10.6 Å². The lowest BCUT2D eigenvalue weighted by Gasteiger charge is -2.26. The van der Waals surface area contributed by atoms with E-state index in [2.05, 4.69) is 19.7 Å². The van der Waals surface area contributed by atoms with Crippen LogP contribution in [0.25, 0.3) is 0 Å². The number of nitrogens with zero attached hydrogens (tertiary/aromatic N) is 1. The lowest BCUT2D eigenvalue weighted by molar-refractivity contribution is -0.0493. The summed E-state index contributed by atoms with van der Waals surface area (Å²) in [4.78, 5) is 2.14. The van der Waals surface area contributed by atoms with Crippen molar-refractivity contribution in [2.24, 2.45) is 0 Å². The third-order valence-corrected chi connectivity index (χ3v) is 5.98. The maximum absolute atomic E-state index is 13.0. The van der Waals surface area contributed by atoms with E-state index in [1.807, 2.05) is 20.8 Å². The van der Waals surface area contributed by atoms with Gasteiger partial charge in [0, 0.05) is 25.3 Å². The van der Waals surface area contributed by atoms with Crippen LogP contribution >= 0.6 is 0 Å².